The summed E-state index contributed by atoms with van der Waals surface area (Å²) in [6.07, 6.45) is 2.25. The van der Waals surface area contributed by atoms with Crippen LogP contribution in [0.1, 0.15) is 37.0 Å². The largest absolute Gasteiger partial charge is 0.465 e. The van der Waals surface area contributed by atoms with Crippen molar-refractivity contribution in [1.29, 1.82) is 0 Å². The van der Waals surface area contributed by atoms with Crippen LogP contribution in [0.15, 0.2) is 18.2 Å². The first-order chi connectivity index (χ1) is 8.54. The Kier molecular flexibility index (Phi) is 5.49. The number of benzene rings is 1. The topological polar surface area (TPSA) is 64.3 Å². The minimum atomic E-state index is -0.347. The van der Waals surface area contributed by atoms with Gasteiger partial charge in [0.1, 0.15) is 0 Å². The molecular formula is C14H22N2O2. The normalized spacial score (nSPS) is 10.4. The summed E-state index contributed by atoms with van der Waals surface area (Å²) in [6.45, 7) is 5.26. The molecular weight excluding hydrogens is 228 g/mol. The van der Waals surface area contributed by atoms with E-state index in [9.17, 15) is 4.79 Å². The monoisotopic (exact) mass is 250 g/mol. The summed E-state index contributed by atoms with van der Waals surface area (Å²) in [5, 5.41) is 3.25. The molecule has 0 radical (unpaired) electrons. The molecule has 0 fully saturated rings. The molecule has 0 atom stereocenters. The Balaban J connectivity index is 2.61. The standard InChI is InChI=1S/C14H22N2O2/c1-10(2)5-4-8-16-13-9-11(14(17)18-3)6-7-12(13)15/h6-7,9-10,16H,4-5,8,15H2,1-3H3. The summed E-state index contributed by atoms with van der Waals surface area (Å²) in [4.78, 5) is 11.4. The van der Waals surface area contributed by atoms with Crippen LogP contribution in [0.25, 0.3) is 0 Å². The second kappa shape index (κ2) is 6.89. The molecule has 0 aliphatic carbocycles. The zero-order valence-electron chi connectivity index (χ0n) is 11.3. The lowest BCUT2D eigenvalue weighted by molar-refractivity contribution is 0.0601. The van der Waals surface area contributed by atoms with E-state index in [1.54, 1.807) is 18.2 Å². The number of nitrogens with two attached hydrogens (primary N) is 1. The van der Waals surface area contributed by atoms with Gasteiger partial charge in [0.2, 0.25) is 0 Å². The molecule has 1 aromatic rings. The molecule has 3 N–H and O–H groups in total. The zero-order chi connectivity index (χ0) is 13.5. The molecule has 0 aliphatic rings. The van der Waals surface area contributed by atoms with Crippen molar-refractivity contribution in [3.8, 4) is 0 Å². The predicted octanol–water partition coefficient (Wildman–Crippen LogP) is 2.90. The average molecular weight is 250 g/mol. The molecule has 18 heavy (non-hydrogen) atoms. The number of carbonyl (C=O) groups excluding carboxylic acids is 1. The van der Waals surface area contributed by atoms with Crippen molar-refractivity contribution in [2.75, 3.05) is 24.7 Å². The van der Waals surface area contributed by atoms with Crippen LogP contribution in [-0.2, 0) is 4.74 Å². The van der Waals surface area contributed by atoms with Crippen molar-refractivity contribution in [1.82, 2.24) is 0 Å². The smallest absolute Gasteiger partial charge is 0.337 e. The van der Waals surface area contributed by atoms with Gasteiger partial charge in [0, 0.05) is 6.54 Å². The fourth-order valence-corrected chi connectivity index (χ4v) is 1.69. The summed E-state index contributed by atoms with van der Waals surface area (Å²) >= 11 is 0. The molecule has 0 spiro atoms. The Morgan fingerprint density at radius 3 is 2.78 bits per heavy atom. The molecule has 0 heterocycles. The Hall–Kier alpha value is -1.71. The van der Waals surface area contributed by atoms with Crippen LogP contribution < -0.4 is 11.1 Å². The van der Waals surface area contributed by atoms with E-state index in [2.05, 4.69) is 23.9 Å². The number of esters is 1. The van der Waals surface area contributed by atoms with Crippen LogP contribution in [0, 0.1) is 5.92 Å². The van der Waals surface area contributed by atoms with Gasteiger partial charge in [-0.3, -0.25) is 0 Å². The number of anilines is 2. The van der Waals surface area contributed by atoms with E-state index >= 15 is 0 Å². The number of hydrogen-bond donors (Lipinski definition) is 2. The van der Waals surface area contributed by atoms with Gasteiger partial charge < -0.3 is 15.8 Å². The maximum Gasteiger partial charge on any atom is 0.337 e. The third-order valence-corrected chi connectivity index (χ3v) is 2.75. The van der Waals surface area contributed by atoms with Gasteiger partial charge in [0.05, 0.1) is 24.0 Å². The molecule has 0 aliphatic heterocycles. The second-order valence-electron chi connectivity index (χ2n) is 4.76. The zero-order valence-corrected chi connectivity index (χ0v) is 11.3. The lowest BCUT2D eigenvalue weighted by atomic mass is 10.1. The molecule has 100 valence electrons. The van der Waals surface area contributed by atoms with Gasteiger partial charge in [-0.1, -0.05) is 13.8 Å². The third-order valence-electron chi connectivity index (χ3n) is 2.75. The number of carbonyl (C=O) groups is 1. The number of methoxy groups -OCH3 is 1. The highest BCUT2D eigenvalue weighted by molar-refractivity contribution is 5.91. The van der Waals surface area contributed by atoms with Crippen molar-refractivity contribution in [3.63, 3.8) is 0 Å². The lowest BCUT2D eigenvalue weighted by Crippen LogP contribution is -2.08. The van der Waals surface area contributed by atoms with Crippen molar-refractivity contribution in [2.24, 2.45) is 5.92 Å². The molecule has 0 amide bonds. The van der Waals surface area contributed by atoms with Crippen LogP contribution in [0.2, 0.25) is 0 Å². The van der Waals surface area contributed by atoms with Crippen molar-refractivity contribution >= 4 is 17.3 Å². The van der Waals surface area contributed by atoms with Crippen molar-refractivity contribution < 1.29 is 9.53 Å². The third kappa shape index (κ3) is 4.28. The van der Waals surface area contributed by atoms with E-state index in [4.69, 9.17) is 5.73 Å². The maximum atomic E-state index is 11.4. The van der Waals surface area contributed by atoms with Crippen molar-refractivity contribution in [2.45, 2.75) is 26.7 Å². The number of nitrogens with one attached hydrogen (secondary N) is 1. The molecule has 1 aromatic carbocycles. The van der Waals surface area contributed by atoms with E-state index in [0.29, 0.717) is 17.2 Å². The van der Waals surface area contributed by atoms with Crippen LogP contribution >= 0.6 is 0 Å². The Bertz CT molecular complexity index is 403. The number of nitrogen functional groups attached to an aromatic ring is 1. The molecule has 0 saturated carbocycles. The SMILES string of the molecule is COC(=O)c1ccc(N)c(NCCCC(C)C)c1. The fraction of sp³-hybridized carbons (Fsp3) is 0.500. The average Bonchev–Trinajstić information content (AvgIpc) is 2.35. The summed E-state index contributed by atoms with van der Waals surface area (Å²) in [5.74, 6) is 0.353. The van der Waals surface area contributed by atoms with E-state index in [1.165, 1.54) is 13.5 Å². The van der Waals surface area contributed by atoms with E-state index in [1.807, 2.05) is 0 Å². The van der Waals surface area contributed by atoms with Gasteiger partial charge in [-0.2, -0.15) is 0 Å². The number of hydrogen-bond acceptors (Lipinski definition) is 4. The second-order valence-corrected chi connectivity index (χ2v) is 4.76. The summed E-state index contributed by atoms with van der Waals surface area (Å²) in [6, 6.07) is 5.12. The van der Waals surface area contributed by atoms with E-state index in [0.717, 1.165) is 18.7 Å². The predicted molar refractivity (Wildman–Crippen MR) is 74.8 cm³/mol. The molecule has 0 aromatic heterocycles. The lowest BCUT2D eigenvalue weighted by Gasteiger charge is -2.11. The molecule has 0 bridgehead atoms. The highest BCUT2D eigenvalue weighted by atomic mass is 16.5. The van der Waals surface area contributed by atoms with E-state index < -0.39 is 0 Å². The first-order valence-electron chi connectivity index (χ1n) is 6.26. The molecule has 1 rings (SSSR count). The van der Waals surface area contributed by atoms with Crippen LogP contribution in [-0.4, -0.2) is 19.6 Å². The minimum absolute atomic E-state index is 0.347. The van der Waals surface area contributed by atoms with Gasteiger partial charge in [0.15, 0.2) is 0 Å². The molecule has 4 nitrogen and oxygen atoms in total. The van der Waals surface area contributed by atoms with Crippen molar-refractivity contribution in [3.05, 3.63) is 23.8 Å². The van der Waals surface area contributed by atoms with Crippen LogP contribution in [0.3, 0.4) is 0 Å². The molecule has 0 saturated heterocycles. The Morgan fingerprint density at radius 2 is 2.17 bits per heavy atom. The highest BCUT2D eigenvalue weighted by Crippen LogP contribution is 2.20. The highest BCUT2D eigenvalue weighted by Gasteiger charge is 2.08. The Morgan fingerprint density at radius 1 is 1.44 bits per heavy atom. The van der Waals surface area contributed by atoms with Gasteiger partial charge in [-0.25, -0.2) is 4.79 Å². The maximum absolute atomic E-state index is 11.4. The Labute approximate surface area is 109 Å². The summed E-state index contributed by atoms with van der Waals surface area (Å²) in [5.41, 5.74) is 7.81. The fourth-order valence-electron chi connectivity index (χ4n) is 1.69. The molecule has 0 unspecified atom stereocenters. The quantitative estimate of drug-likeness (QED) is 0.463. The van der Waals surface area contributed by atoms with Crippen LogP contribution in [0.4, 0.5) is 11.4 Å². The van der Waals surface area contributed by atoms with Gasteiger partial charge in [-0.05, 0) is 37.0 Å². The number of rotatable bonds is 6. The first kappa shape index (κ1) is 14.4. The van der Waals surface area contributed by atoms with Crippen LogP contribution in [0.5, 0.6) is 0 Å². The summed E-state index contributed by atoms with van der Waals surface area (Å²) in [7, 11) is 1.37. The van der Waals surface area contributed by atoms with Gasteiger partial charge in [0.25, 0.3) is 0 Å². The molecule has 4 heteroatoms. The minimum Gasteiger partial charge on any atom is -0.465 e. The summed E-state index contributed by atoms with van der Waals surface area (Å²) < 4.78 is 4.68. The number of ether oxygens (including phenoxy) is 1. The van der Waals surface area contributed by atoms with Gasteiger partial charge in [-0.15, -0.1) is 0 Å². The van der Waals surface area contributed by atoms with Gasteiger partial charge >= 0.3 is 5.97 Å². The van der Waals surface area contributed by atoms with E-state index in [-0.39, 0.29) is 5.97 Å². The first-order valence-corrected chi connectivity index (χ1v) is 6.26.